The predicted molar refractivity (Wildman–Crippen MR) is 77.8 cm³/mol. The Morgan fingerprint density at radius 3 is 2.24 bits per heavy atom. The highest BCUT2D eigenvalue weighted by molar-refractivity contribution is 6.60. The number of nitrogens with two attached hydrogens (primary N) is 1. The molecule has 0 radical (unpaired) electrons. The molecule has 0 atom stereocenters. The van der Waals surface area contributed by atoms with E-state index in [1.54, 1.807) is 28.4 Å². The first-order chi connectivity index (χ1) is 9.90. The van der Waals surface area contributed by atoms with E-state index in [9.17, 15) is 9.59 Å². The van der Waals surface area contributed by atoms with E-state index in [0.717, 1.165) is 0 Å². The molecule has 9 nitrogen and oxygen atoms in total. The summed E-state index contributed by atoms with van der Waals surface area (Å²) in [5.41, 5.74) is 4.82. The Morgan fingerprint density at radius 2 is 1.76 bits per heavy atom. The van der Waals surface area contributed by atoms with Crippen molar-refractivity contribution in [3.8, 4) is 0 Å². The highest BCUT2D eigenvalue weighted by Crippen LogP contribution is 2.14. The van der Waals surface area contributed by atoms with Gasteiger partial charge >= 0.3 is 20.9 Å². The van der Waals surface area contributed by atoms with Crippen LogP contribution in [0.25, 0.3) is 0 Å². The van der Waals surface area contributed by atoms with Gasteiger partial charge in [-0.3, -0.25) is 0 Å². The van der Waals surface area contributed by atoms with Gasteiger partial charge in [-0.2, -0.15) is 0 Å². The SMILES string of the molecule is CO[Si](CCCNC(=O)N(C)CCOC(N)=O)(OC)OC. The molecule has 0 spiro atoms. The van der Waals surface area contributed by atoms with E-state index in [4.69, 9.17) is 19.0 Å². The zero-order valence-corrected chi connectivity index (χ0v) is 14.0. The molecule has 124 valence electrons. The van der Waals surface area contributed by atoms with Crippen LogP contribution in [0.2, 0.25) is 6.04 Å². The van der Waals surface area contributed by atoms with Crippen LogP contribution in [0, 0.1) is 0 Å². The first-order valence-corrected chi connectivity index (χ1v) is 8.40. The molecule has 0 aliphatic heterocycles. The number of hydrogen-bond acceptors (Lipinski definition) is 6. The van der Waals surface area contributed by atoms with Gasteiger partial charge in [0.1, 0.15) is 6.61 Å². The summed E-state index contributed by atoms with van der Waals surface area (Å²) in [4.78, 5) is 23.5. The lowest BCUT2D eigenvalue weighted by Gasteiger charge is -2.24. The van der Waals surface area contributed by atoms with Gasteiger partial charge in [0, 0.05) is 41.0 Å². The molecule has 21 heavy (non-hydrogen) atoms. The average Bonchev–Trinajstić information content (AvgIpc) is 2.47. The van der Waals surface area contributed by atoms with E-state index < -0.39 is 14.9 Å². The fourth-order valence-electron chi connectivity index (χ4n) is 1.58. The van der Waals surface area contributed by atoms with Crippen LogP contribution < -0.4 is 11.1 Å². The predicted octanol–water partition coefficient (Wildman–Crippen LogP) is -0.00870. The van der Waals surface area contributed by atoms with E-state index >= 15 is 0 Å². The minimum absolute atomic E-state index is 0.0618. The molecule has 0 aromatic rings. The second-order valence-corrected chi connectivity index (χ2v) is 7.31. The quantitative estimate of drug-likeness (QED) is 0.432. The van der Waals surface area contributed by atoms with Gasteiger partial charge < -0.3 is 34.0 Å². The summed E-state index contributed by atoms with van der Waals surface area (Å²) in [6.07, 6.45) is -0.192. The molecule has 0 saturated carbocycles. The van der Waals surface area contributed by atoms with Crippen LogP contribution in [-0.2, 0) is 18.0 Å². The lowest BCUT2D eigenvalue weighted by Crippen LogP contribution is -2.44. The van der Waals surface area contributed by atoms with Crippen molar-refractivity contribution in [2.45, 2.75) is 12.5 Å². The van der Waals surface area contributed by atoms with Crippen molar-refractivity contribution in [1.29, 1.82) is 0 Å². The van der Waals surface area contributed by atoms with Crippen molar-refractivity contribution in [3.05, 3.63) is 0 Å². The highest BCUT2D eigenvalue weighted by atomic mass is 28.4. The van der Waals surface area contributed by atoms with Crippen LogP contribution in [0.4, 0.5) is 9.59 Å². The Hall–Kier alpha value is -1.36. The number of rotatable bonds is 10. The van der Waals surface area contributed by atoms with Crippen LogP contribution in [0.1, 0.15) is 6.42 Å². The molecule has 0 rings (SSSR count). The Bertz CT molecular complexity index is 319. The van der Waals surface area contributed by atoms with E-state index in [1.165, 1.54) is 4.90 Å². The minimum atomic E-state index is -2.59. The number of nitrogens with one attached hydrogen (secondary N) is 1. The monoisotopic (exact) mass is 323 g/mol. The number of carbonyl (C=O) groups is 2. The Labute approximate surface area is 126 Å². The van der Waals surface area contributed by atoms with Crippen LogP contribution in [-0.4, -0.2) is 73.9 Å². The lowest BCUT2D eigenvalue weighted by atomic mass is 10.5. The lowest BCUT2D eigenvalue weighted by molar-refractivity contribution is 0.123. The molecular weight excluding hydrogens is 298 g/mol. The van der Waals surface area contributed by atoms with Gasteiger partial charge in [0.15, 0.2) is 0 Å². The first kappa shape index (κ1) is 19.6. The molecule has 0 aromatic heterocycles. The first-order valence-electron chi connectivity index (χ1n) is 6.47. The third kappa shape index (κ3) is 7.85. The summed E-state index contributed by atoms with van der Waals surface area (Å²) >= 11 is 0. The normalized spacial score (nSPS) is 11.0. The van der Waals surface area contributed by atoms with Crippen molar-refractivity contribution in [3.63, 3.8) is 0 Å². The standard InChI is InChI=1S/C11H25N3O6Si/c1-14(7-8-20-10(12)15)11(16)13-6-5-9-21(17-2,18-3)19-4/h5-9H2,1-4H3,(H2,12,15)(H,13,16). The Kier molecular flexibility index (Phi) is 9.70. The summed E-state index contributed by atoms with van der Waals surface area (Å²) in [6, 6.07) is 0.341. The molecule has 0 heterocycles. The fraction of sp³-hybridized carbons (Fsp3) is 0.818. The van der Waals surface area contributed by atoms with Gasteiger partial charge in [-0.15, -0.1) is 0 Å². The van der Waals surface area contributed by atoms with E-state index in [-0.39, 0.29) is 19.2 Å². The van der Waals surface area contributed by atoms with Gasteiger partial charge in [-0.1, -0.05) is 0 Å². The van der Waals surface area contributed by atoms with E-state index in [0.29, 0.717) is 19.0 Å². The summed E-state index contributed by atoms with van der Waals surface area (Å²) in [7, 11) is 3.65. The number of urea groups is 1. The molecule has 10 heteroatoms. The highest BCUT2D eigenvalue weighted by Gasteiger charge is 2.36. The van der Waals surface area contributed by atoms with Crippen molar-refractivity contribution in [1.82, 2.24) is 10.2 Å². The van der Waals surface area contributed by atoms with E-state index in [2.05, 4.69) is 10.1 Å². The maximum atomic E-state index is 11.7. The summed E-state index contributed by atoms with van der Waals surface area (Å²) in [5.74, 6) is 0. The maximum absolute atomic E-state index is 11.7. The topological polar surface area (TPSA) is 112 Å². The molecule has 0 saturated heterocycles. The number of primary amides is 1. The second kappa shape index (κ2) is 10.4. The summed E-state index contributed by atoms with van der Waals surface area (Å²) < 4.78 is 20.4. The maximum Gasteiger partial charge on any atom is 0.500 e. The van der Waals surface area contributed by atoms with Crippen molar-refractivity contribution >= 4 is 20.9 Å². The van der Waals surface area contributed by atoms with Crippen molar-refractivity contribution in [2.24, 2.45) is 5.73 Å². The number of likely N-dealkylation sites (N-methyl/N-ethyl adjacent to an activating group) is 1. The van der Waals surface area contributed by atoms with Crippen LogP contribution in [0.15, 0.2) is 0 Å². The molecule has 0 aromatic carbocycles. The molecule has 0 bridgehead atoms. The van der Waals surface area contributed by atoms with Gasteiger partial charge in [0.25, 0.3) is 0 Å². The zero-order valence-electron chi connectivity index (χ0n) is 13.0. The Balaban J connectivity index is 3.90. The number of hydrogen-bond donors (Lipinski definition) is 2. The smallest absolute Gasteiger partial charge is 0.448 e. The molecule has 0 aliphatic rings. The fourth-order valence-corrected chi connectivity index (χ4v) is 3.30. The number of ether oxygens (including phenoxy) is 1. The van der Waals surface area contributed by atoms with Gasteiger partial charge in [0.2, 0.25) is 0 Å². The average molecular weight is 323 g/mol. The zero-order chi connectivity index (χ0) is 16.3. The van der Waals surface area contributed by atoms with Gasteiger partial charge in [0.05, 0.1) is 6.54 Å². The molecule has 3 amide bonds. The summed E-state index contributed by atoms with van der Waals surface area (Å²) in [6.45, 7) is 0.790. The van der Waals surface area contributed by atoms with Crippen molar-refractivity contribution < 1.29 is 27.6 Å². The van der Waals surface area contributed by atoms with Crippen molar-refractivity contribution in [2.75, 3.05) is 48.1 Å². The third-order valence-corrected chi connectivity index (χ3v) is 5.72. The second-order valence-electron chi connectivity index (χ2n) is 4.22. The van der Waals surface area contributed by atoms with Gasteiger partial charge in [-0.05, 0) is 6.42 Å². The number of nitrogens with zero attached hydrogens (tertiary/aromatic N) is 1. The molecule has 0 fully saturated rings. The van der Waals surface area contributed by atoms with Crippen LogP contribution in [0.5, 0.6) is 0 Å². The molecule has 0 aliphatic carbocycles. The largest absolute Gasteiger partial charge is 0.500 e. The molecule has 3 N–H and O–H groups in total. The molecule has 0 unspecified atom stereocenters. The third-order valence-electron chi connectivity index (χ3n) is 2.89. The van der Waals surface area contributed by atoms with Crippen LogP contribution >= 0.6 is 0 Å². The minimum Gasteiger partial charge on any atom is -0.448 e. The number of amides is 3. The Morgan fingerprint density at radius 1 is 1.19 bits per heavy atom. The molecular formula is C11H25N3O6Si. The van der Waals surface area contributed by atoms with Crippen LogP contribution in [0.3, 0.4) is 0 Å². The van der Waals surface area contributed by atoms with E-state index in [1.807, 2.05) is 0 Å². The van der Waals surface area contributed by atoms with Gasteiger partial charge in [-0.25, -0.2) is 9.59 Å². The summed E-state index contributed by atoms with van der Waals surface area (Å²) in [5, 5.41) is 2.74. The number of carbonyl (C=O) groups excluding carboxylic acids is 2.